The van der Waals surface area contributed by atoms with Gasteiger partial charge in [0.1, 0.15) is 5.60 Å². The predicted molar refractivity (Wildman–Crippen MR) is 101 cm³/mol. The number of carbonyl (C=O) groups excluding carboxylic acids is 1. The largest absolute Gasteiger partial charge is 0.457 e. The Morgan fingerprint density at radius 1 is 1.12 bits per heavy atom. The van der Waals surface area contributed by atoms with Crippen LogP contribution >= 0.6 is 0 Å². The molecule has 0 amide bonds. The molecule has 0 spiro atoms. The molecule has 1 saturated carbocycles. The van der Waals surface area contributed by atoms with Crippen molar-refractivity contribution in [2.24, 2.45) is 5.92 Å². The summed E-state index contributed by atoms with van der Waals surface area (Å²) in [5.41, 5.74) is 2.05. The number of ether oxygens (including phenoxy) is 1. The minimum absolute atomic E-state index is 0.291. The number of benzene rings is 1. The van der Waals surface area contributed by atoms with Crippen molar-refractivity contribution in [3.63, 3.8) is 0 Å². The number of hydrogen-bond acceptors (Lipinski definition) is 2. The molecule has 0 bridgehead atoms. The van der Waals surface area contributed by atoms with Crippen molar-refractivity contribution < 1.29 is 9.53 Å². The van der Waals surface area contributed by atoms with E-state index in [4.69, 9.17) is 4.74 Å². The molecule has 0 atom stereocenters. The summed E-state index contributed by atoms with van der Waals surface area (Å²) in [6, 6.07) is 8.65. The summed E-state index contributed by atoms with van der Waals surface area (Å²) in [4.78, 5) is 11.7. The Labute approximate surface area is 147 Å². The molecule has 1 aromatic carbocycles. The molecule has 0 N–H and O–H groups in total. The molecule has 1 aliphatic rings. The van der Waals surface area contributed by atoms with Crippen molar-refractivity contribution in [2.75, 3.05) is 0 Å². The molecule has 24 heavy (non-hydrogen) atoms. The fourth-order valence-corrected chi connectivity index (χ4v) is 3.57. The smallest absolute Gasteiger partial charge is 0.331 e. The Morgan fingerprint density at radius 2 is 1.75 bits per heavy atom. The summed E-state index contributed by atoms with van der Waals surface area (Å²) in [6.45, 7) is 7.92. The maximum Gasteiger partial charge on any atom is 0.331 e. The fraction of sp³-hybridized carbons (Fsp3) is 0.591. The Balaban J connectivity index is 1.88. The quantitative estimate of drug-likeness (QED) is 0.481. The van der Waals surface area contributed by atoms with Crippen LogP contribution < -0.4 is 0 Å². The van der Waals surface area contributed by atoms with E-state index < -0.39 is 5.60 Å². The normalized spacial score (nSPS) is 21.8. The molecular weight excluding hydrogens is 296 g/mol. The maximum atomic E-state index is 11.7. The lowest BCUT2D eigenvalue weighted by atomic mass is 9.77. The van der Waals surface area contributed by atoms with Crippen LogP contribution in [0.15, 0.2) is 30.3 Å². The molecular formula is C22H32O2. The van der Waals surface area contributed by atoms with Crippen LogP contribution in [0.25, 0.3) is 6.08 Å². The van der Waals surface area contributed by atoms with Gasteiger partial charge in [-0.3, -0.25) is 0 Å². The van der Waals surface area contributed by atoms with Crippen molar-refractivity contribution >= 4 is 12.0 Å². The van der Waals surface area contributed by atoms with Crippen molar-refractivity contribution in [1.29, 1.82) is 0 Å². The van der Waals surface area contributed by atoms with Gasteiger partial charge in [-0.15, -0.1) is 0 Å². The second-order valence-electron chi connectivity index (χ2n) is 8.04. The lowest BCUT2D eigenvalue weighted by Gasteiger charge is -2.28. The average molecular weight is 328 g/mol. The summed E-state index contributed by atoms with van der Waals surface area (Å²) in [5.74, 6) is 1.37. The third-order valence-corrected chi connectivity index (χ3v) is 4.77. The minimum atomic E-state index is -0.443. The van der Waals surface area contributed by atoms with E-state index in [9.17, 15) is 4.79 Å². The van der Waals surface area contributed by atoms with Gasteiger partial charge in [0.15, 0.2) is 0 Å². The summed E-state index contributed by atoms with van der Waals surface area (Å²) < 4.78 is 5.28. The Morgan fingerprint density at radius 3 is 2.29 bits per heavy atom. The van der Waals surface area contributed by atoms with Crippen LogP contribution in [0.5, 0.6) is 0 Å². The number of carbonyl (C=O) groups is 1. The highest BCUT2D eigenvalue weighted by molar-refractivity contribution is 5.87. The van der Waals surface area contributed by atoms with Gasteiger partial charge in [-0.05, 0) is 75.5 Å². The van der Waals surface area contributed by atoms with E-state index >= 15 is 0 Å². The Bertz CT molecular complexity index is 540. The first-order chi connectivity index (χ1) is 11.4. The van der Waals surface area contributed by atoms with Gasteiger partial charge in [0, 0.05) is 6.08 Å². The highest BCUT2D eigenvalue weighted by Gasteiger charge is 2.21. The van der Waals surface area contributed by atoms with Gasteiger partial charge in [0.25, 0.3) is 0 Å². The van der Waals surface area contributed by atoms with Gasteiger partial charge in [0.2, 0.25) is 0 Å². The third-order valence-electron chi connectivity index (χ3n) is 4.77. The predicted octanol–water partition coefficient (Wildman–Crippen LogP) is 6.12. The first-order valence-electron chi connectivity index (χ1n) is 9.38. The zero-order valence-electron chi connectivity index (χ0n) is 15.7. The topological polar surface area (TPSA) is 26.3 Å². The van der Waals surface area contributed by atoms with Gasteiger partial charge < -0.3 is 4.74 Å². The van der Waals surface area contributed by atoms with Gasteiger partial charge in [-0.2, -0.15) is 0 Å². The van der Waals surface area contributed by atoms with E-state index in [0.29, 0.717) is 5.92 Å². The highest BCUT2D eigenvalue weighted by Crippen LogP contribution is 2.37. The molecule has 0 radical (unpaired) electrons. The monoisotopic (exact) mass is 328 g/mol. The van der Waals surface area contributed by atoms with Crippen molar-refractivity contribution in [3.05, 3.63) is 41.5 Å². The van der Waals surface area contributed by atoms with E-state index in [2.05, 4.69) is 31.2 Å². The lowest BCUT2D eigenvalue weighted by Crippen LogP contribution is -2.22. The van der Waals surface area contributed by atoms with Crippen molar-refractivity contribution in [3.8, 4) is 0 Å². The molecule has 2 nitrogen and oxygen atoms in total. The SMILES string of the molecule is CCCC1CCC(c2ccc(C=CC(=O)OC(C)(C)C)cc2)CC1. The fourth-order valence-electron chi connectivity index (χ4n) is 3.57. The van der Waals surface area contributed by atoms with Crippen molar-refractivity contribution in [2.45, 2.75) is 77.7 Å². The summed E-state index contributed by atoms with van der Waals surface area (Å²) in [5, 5.41) is 0. The first-order valence-corrected chi connectivity index (χ1v) is 9.38. The molecule has 1 aromatic rings. The number of rotatable bonds is 5. The van der Waals surface area contributed by atoms with Gasteiger partial charge in [-0.25, -0.2) is 4.79 Å². The molecule has 0 unspecified atom stereocenters. The number of esters is 1. The molecule has 132 valence electrons. The van der Waals surface area contributed by atoms with Gasteiger partial charge in [0.05, 0.1) is 0 Å². The second-order valence-corrected chi connectivity index (χ2v) is 8.04. The molecule has 0 saturated heterocycles. The van der Waals surface area contributed by atoms with Crippen LogP contribution in [-0.4, -0.2) is 11.6 Å². The second kappa shape index (κ2) is 8.50. The molecule has 0 heterocycles. The summed E-state index contributed by atoms with van der Waals surface area (Å²) in [6.07, 6.45) is 11.4. The van der Waals surface area contributed by atoms with Crippen LogP contribution in [0, 0.1) is 5.92 Å². The van der Waals surface area contributed by atoms with Crippen LogP contribution in [0.1, 0.15) is 83.3 Å². The van der Waals surface area contributed by atoms with Crippen LogP contribution in [0.3, 0.4) is 0 Å². The van der Waals surface area contributed by atoms with E-state index in [0.717, 1.165) is 11.5 Å². The number of hydrogen-bond donors (Lipinski definition) is 0. The van der Waals surface area contributed by atoms with Crippen molar-refractivity contribution in [1.82, 2.24) is 0 Å². The van der Waals surface area contributed by atoms with E-state index in [-0.39, 0.29) is 5.97 Å². The highest BCUT2D eigenvalue weighted by atomic mass is 16.6. The zero-order valence-corrected chi connectivity index (χ0v) is 15.7. The molecule has 0 aromatic heterocycles. The molecule has 1 aliphatic carbocycles. The van der Waals surface area contributed by atoms with E-state index in [1.54, 1.807) is 0 Å². The Hall–Kier alpha value is -1.57. The zero-order chi connectivity index (χ0) is 17.6. The molecule has 1 fully saturated rings. The van der Waals surface area contributed by atoms with Crippen LogP contribution in [-0.2, 0) is 9.53 Å². The third kappa shape index (κ3) is 6.14. The maximum absolute atomic E-state index is 11.7. The van der Waals surface area contributed by atoms with Gasteiger partial charge >= 0.3 is 5.97 Å². The minimum Gasteiger partial charge on any atom is -0.457 e. The van der Waals surface area contributed by atoms with Crippen LogP contribution in [0.4, 0.5) is 0 Å². The molecule has 2 heteroatoms. The Kier molecular flexibility index (Phi) is 6.65. The van der Waals surface area contributed by atoms with Crippen LogP contribution in [0.2, 0.25) is 0 Å². The molecule has 0 aliphatic heterocycles. The lowest BCUT2D eigenvalue weighted by molar-refractivity contribution is -0.148. The standard InChI is InChI=1S/C22H32O2/c1-5-6-17-7-12-19(13-8-17)20-14-9-18(10-15-20)11-16-21(23)24-22(2,3)4/h9-11,14-17,19H,5-8,12-13H2,1-4H3. The average Bonchev–Trinajstić information content (AvgIpc) is 2.53. The molecule has 2 rings (SSSR count). The van der Waals surface area contributed by atoms with E-state index in [1.165, 1.54) is 50.2 Å². The summed E-state index contributed by atoms with van der Waals surface area (Å²) >= 11 is 0. The van der Waals surface area contributed by atoms with E-state index in [1.807, 2.05) is 26.8 Å². The first kappa shape index (κ1) is 18.8. The summed E-state index contributed by atoms with van der Waals surface area (Å²) in [7, 11) is 0. The van der Waals surface area contributed by atoms with Gasteiger partial charge in [-0.1, -0.05) is 44.0 Å².